The van der Waals surface area contributed by atoms with E-state index in [1.807, 2.05) is 24.3 Å². The first-order valence-electron chi connectivity index (χ1n) is 6.98. The number of amides is 1. The number of hydrogen-bond acceptors (Lipinski definition) is 5. The molecule has 7 nitrogen and oxygen atoms in total. The third-order valence-corrected chi connectivity index (χ3v) is 4.66. The summed E-state index contributed by atoms with van der Waals surface area (Å²) in [6.45, 7) is 0.538. The van der Waals surface area contributed by atoms with Gasteiger partial charge < -0.3 is 15.3 Å². The lowest BCUT2D eigenvalue weighted by Gasteiger charge is -2.18. The second kappa shape index (κ2) is 7.21. The van der Waals surface area contributed by atoms with Crippen LogP contribution in [0.1, 0.15) is 0 Å². The van der Waals surface area contributed by atoms with Gasteiger partial charge in [0.25, 0.3) is 5.91 Å². The molecule has 1 amide bonds. The van der Waals surface area contributed by atoms with Crippen molar-refractivity contribution in [2.45, 2.75) is 5.85 Å². The summed E-state index contributed by atoms with van der Waals surface area (Å²) in [5.41, 5.74) is 0.319. The number of hydrogen-bond donors (Lipinski definition) is 4. The number of aliphatic hydroxyl groups is 1. The highest BCUT2D eigenvalue weighted by Gasteiger charge is 2.23. The molecule has 2 aromatic carbocycles. The number of hydroxylamine groups is 1. The van der Waals surface area contributed by atoms with Crippen molar-refractivity contribution in [3.8, 4) is 0 Å². The van der Waals surface area contributed by atoms with E-state index >= 15 is 0 Å². The maximum absolute atomic E-state index is 11.9. The average molecular weight is 338 g/mol. The van der Waals surface area contributed by atoms with Crippen molar-refractivity contribution in [3.05, 3.63) is 42.5 Å². The second-order valence-electron chi connectivity index (χ2n) is 5.29. The zero-order chi connectivity index (χ0) is 17.0. The van der Waals surface area contributed by atoms with E-state index in [-0.39, 0.29) is 13.1 Å². The number of carbonyl (C=O) groups is 1. The molecule has 2 rings (SSSR count). The van der Waals surface area contributed by atoms with E-state index in [1.165, 1.54) is 0 Å². The lowest BCUT2D eigenvalue weighted by molar-refractivity contribution is -0.122. The summed E-state index contributed by atoms with van der Waals surface area (Å²) in [5.74, 6) is -2.10. The molecule has 0 radical (unpaired) electrons. The Balaban J connectivity index is 1.97. The zero-order valence-electron chi connectivity index (χ0n) is 12.6. The second-order valence-corrected chi connectivity index (χ2v) is 7.77. The number of nitrogens with one attached hydrogen (secondary N) is 1. The molecule has 0 bridgehead atoms. The fraction of sp³-hybridized carbons (Fsp3) is 0.267. The Morgan fingerprint density at radius 1 is 1.26 bits per heavy atom. The number of aliphatic hydroxyl groups excluding tert-OH is 1. The van der Waals surface area contributed by atoms with Gasteiger partial charge in [-0.2, -0.15) is 5.06 Å². The highest BCUT2D eigenvalue weighted by atomic mass is 31.2. The average Bonchev–Trinajstić information content (AvgIpc) is 2.52. The molecular weight excluding hydrogens is 319 g/mol. The minimum atomic E-state index is -3.62. The van der Waals surface area contributed by atoms with Crippen LogP contribution in [-0.2, 0) is 9.36 Å². The van der Waals surface area contributed by atoms with E-state index in [1.54, 1.807) is 18.2 Å². The van der Waals surface area contributed by atoms with Crippen molar-refractivity contribution >= 4 is 29.7 Å². The number of anilines is 1. The van der Waals surface area contributed by atoms with Crippen molar-refractivity contribution in [3.63, 3.8) is 0 Å². The van der Waals surface area contributed by atoms with Crippen LogP contribution in [0.5, 0.6) is 0 Å². The fourth-order valence-corrected chi connectivity index (χ4v) is 2.47. The first-order valence-corrected chi connectivity index (χ1v) is 9.16. The maximum Gasteiger partial charge on any atom is 0.264 e. The normalized spacial score (nSPS) is 15.1. The summed E-state index contributed by atoms with van der Waals surface area (Å²) in [6.07, 6.45) is 0. The summed E-state index contributed by atoms with van der Waals surface area (Å²) >= 11 is 0. The molecule has 0 heterocycles. The molecule has 2 unspecified atom stereocenters. The molecule has 124 valence electrons. The van der Waals surface area contributed by atoms with E-state index < -0.39 is 19.1 Å². The van der Waals surface area contributed by atoms with Crippen molar-refractivity contribution in [1.29, 1.82) is 0 Å². The Morgan fingerprint density at radius 2 is 1.91 bits per heavy atom. The topological polar surface area (TPSA) is 110 Å². The van der Waals surface area contributed by atoms with Gasteiger partial charge in [0.2, 0.25) is 7.37 Å². The van der Waals surface area contributed by atoms with Gasteiger partial charge in [0, 0.05) is 13.2 Å². The quantitative estimate of drug-likeness (QED) is 0.360. The molecule has 0 aliphatic heterocycles. The monoisotopic (exact) mass is 338 g/mol. The summed E-state index contributed by atoms with van der Waals surface area (Å²) in [7, 11) is -3.62. The Bertz CT molecular complexity index is 745. The molecule has 0 aliphatic rings. The van der Waals surface area contributed by atoms with Gasteiger partial charge in [-0.1, -0.05) is 30.3 Å². The standard InChI is InChI=1S/C15H19N2O5P/c1-23(21,22)15(19)10-16-9-14(18)17(20)13-7-6-11-4-2-3-5-12(11)8-13/h2-8,15-16,19-20H,9-10H2,1H3,(H,21,22). The van der Waals surface area contributed by atoms with Gasteiger partial charge in [-0.05, 0) is 22.9 Å². The summed E-state index contributed by atoms with van der Waals surface area (Å²) in [5, 5.41) is 24.3. The largest absolute Gasteiger partial charge is 0.382 e. The molecule has 2 aromatic rings. The van der Waals surface area contributed by atoms with E-state index in [9.17, 15) is 19.7 Å². The molecule has 23 heavy (non-hydrogen) atoms. The van der Waals surface area contributed by atoms with Gasteiger partial charge in [-0.25, -0.2) is 0 Å². The van der Waals surface area contributed by atoms with Crippen molar-refractivity contribution in [2.75, 3.05) is 24.8 Å². The SMILES string of the molecule is CP(=O)(O)C(O)CNCC(=O)N(O)c1ccc2ccccc2c1. The van der Waals surface area contributed by atoms with E-state index in [4.69, 9.17) is 4.89 Å². The van der Waals surface area contributed by atoms with Crippen LogP contribution in [-0.4, -0.2) is 46.7 Å². The molecule has 8 heteroatoms. The number of benzene rings is 2. The Hall–Kier alpha value is -1.76. The maximum atomic E-state index is 11.9. The smallest absolute Gasteiger partial charge is 0.264 e. The number of carbonyl (C=O) groups excluding carboxylic acids is 1. The van der Waals surface area contributed by atoms with Crippen LogP contribution in [0.25, 0.3) is 10.8 Å². The third kappa shape index (κ3) is 4.60. The summed E-state index contributed by atoms with van der Waals surface area (Å²) < 4.78 is 11.2. The van der Waals surface area contributed by atoms with Gasteiger partial charge in [0.05, 0.1) is 12.2 Å². The molecule has 0 aromatic heterocycles. The van der Waals surface area contributed by atoms with Crippen LogP contribution in [0.4, 0.5) is 5.69 Å². The van der Waals surface area contributed by atoms with Crippen LogP contribution < -0.4 is 10.4 Å². The molecule has 4 N–H and O–H groups in total. The zero-order valence-corrected chi connectivity index (χ0v) is 13.5. The van der Waals surface area contributed by atoms with Crippen molar-refractivity contribution in [1.82, 2.24) is 5.32 Å². The van der Waals surface area contributed by atoms with Crippen molar-refractivity contribution in [2.24, 2.45) is 0 Å². The molecule has 0 fully saturated rings. The number of rotatable bonds is 6. The molecule has 2 atom stereocenters. The minimum absolute atomic E-state index is 0.221. The van der Waals surface area contributed by atoms with E-state index in [0.717, 1.165) is 17.4 Å². The molecule has 0 spiro atoms. The highest BCUT2D eigenvalue weighted by molar-refractivity contribution is 7.57. The van der Waals surface area contributed by atoms with Crippen molar-refractivity contribution < 1.29 is 24.6 Å². The lowest BCUT2D eigenvalue weighted by Crippen LogP contribution is -2.38. The Morgan fingerprint density at radius 3 is 2.57 bits per heavy atom. The first-order chi connectivity index (χ1) is 10.8. The Kier molecular flexibility index (Phi) is 5.51. The van der Waals surface area contributed by atoms with Gasteiger partial charge in [-0.3, -0.25) is 14.6 Å². The molecule has 0 aliphatic carbocycles. The lowest BCUT2D eigenvalue weighted by atomic mass is 10.1. The highest BCUT2D eigenvalue weighted by Crippen LogP contribution is 2.39. The minimum Gasteiger partial charge on any atom is -0.382 e. The first kappa shape index (κ1) is 17.6. The number of nitrogens with zero attached hydrogens (tertiary/aromatic N) is 1. The molecule has 0 saturated heterocycles. The van der Waals surface area contributed by atoms with Crippen LogP contribution >= 0.6 is 7.37 Å². The van der Waals surface area contributed by atoms with E-state index in [0.29, 0.717) is 10.8 Å². The Labute approximate surface area is 133 Å². The van der Waals surface area contributed by atoms with E-state index in [2.05, 4.69) is 5.32 Å². The molecule has 0 saturated carbocycles. The summed E-state index contributed by atoms with van der Waals surface area (Å²) in [4.78, 5) is 21.1. The van der Waals surface area contributed by atoms with Crippen LogP contribution in [0.3, 0.4) is 0 Å². The third-order valence-electron chi connectivity index (χ3n) is 3.37. The van der Waals surface area contributed by atoms with Crippen LogP contribution in [0.2, 0.25) is 0 Å². The summed E-state index contributed by atoms with van der Waals surface area (Å²) in [6, 6.07) is 12.6. The van der Waals surface area contributed by atoms with Crippen LogP contribution in [0, 0.1) is 0 Å². The van der Waals surface area contributed by atoms with Crippen LogP contribution in [0.15, 0.2) is 42.5 Å². The predicted octanol–water partition coefficient (Wildman–Crippen LogP) is 1.37. The fourth-order valence-electron chi connectivity index (χ4n) is 2.00. The van der Waals surface area contributed by atoms with Gasteiger partial charge in [0.15, 0.2) is 0 Å². The molecular formula is C15H19N2O5P. The van der Waals surface area contributed by atoms with Gasteiger partial charge >= 0.3 is 0 Å². The van der Waals surface area contributed by atoms with Gasteiger partial charge in [-0.15, -0.1) is 0 Å². The predicted molar refractivity (Wildman–Crippen MR) is 87.8 cm³/mol. The van der Waals surface area contributed by atoms with Gasteiger partial charge in [0.1, 0.15) is 5.85 Å². The number of fused-ring (bicyclic) bond motifs is 1.